The highest BCUT2D eigenvalue weighted by Gasteiger charge is 2.30. The number of carbonyl (C=O) groups excluding carboxylic acids is 1. The summed E-state index contributed by atoms with van der Waals surface area (Å²) in [6, 6.07) is 12.6. The van der Waals surface area contributed by atoms with E-state index in [1.165, 1.54) is 17.7 Å². The summed E-state index contributed by atoms with van der Waals surface area (Å²) in [6.45, 7) is 2.37. The SMILES string of the molecule is O=C(N[C@H]1CN(Cc2ccccc2)CC[C@H]1CO)c1ccc(F)cn1. The highest BCUT2D eigenvalue weighted by atomic mass is 19.1. The smallest absolute Gasteiger partial charge is 0.270 e. The third kappa shape index (κ3) is 4.61. The van der Waals surface area contributed by atoms with E-state index in [1.54, 1.807) is 0 Å². The predicted octanol–water partition coefficient (Wildman–Crippen LogP) is 1.83. The molecule has 6 heteroatoms. The molecule has 2 heterocycles. The van der Waals surface area contributed by atoms with E-state index in [4.69, 9.17) is 0 Å². The van der Waals surface area contributed by atoms with Crippen molar-refractivity contribution >= 4 is 5.91 Å². The number of aliphatic hydroxyl groups excluding tert-OH is 1. The highest BCUT2D eigenvalue weighted by molar-refractivity contribution is 5.92. The second kappa shape index (κ2) is 8.18. The Balaban J connectivity index is 1.64. The standard InChI is InChI=1S/C19H22FN3O2/c20-16-6-7-17(21-10-16)19(25)22-18-12-23(9-8-15(18)13-24)11-14-4-2-1-3-5-14/h1-7,10,15,18,24H,8-9,11-13H2,(H,22,25)/t15-,18-/m0/s1. The van der Waals surface area contributed by atoms with Gasteiger partial charge in [0.15, 0.2) is 0 Å². The average molecular weight is 343 g/mol. The van der Waals surface area contributed by atoms with E-state index in [0.717, 1.165) is 25.7 Å². The van der Waals surface area contributed by atoms with Gasteiger partial charge in [-0.1, -0.05) is 30.3 Å². The van der Waals surface area contributed by atoms with Crippen molar-refractivity contribution in [2.45, 2.75) is 19.0 Å². The number of likely N-dealkylation sites (tertiary alicyclic amines) is 1. The molecule has 1 aliphatic rings. The summed E-state index contributed by atoms with van der Waals surface area (Å²) in [4.78, 5) is 18.4. The minimum absolute atomic E-state index is 0.0106. The quantitative estimate of drug-likeness (QED) is 0.869. The van der Waals surface area contributed by atoms with Gasteiger partial charge in [-0.2, -0.15) is 0 Å². The lowest BCUT2D eigenvalue weighted by Gasteiger charge is -2.38. The van der Waals surface area contributed by atoms with Gasteiger partial charge in [0, 0.05) is 31.7 Å². The zero-order chi connectivity index (χ0) is 17.6. The third-order valence-electron chi connectivity index (χ3n) is 4.60. The van der Waals surface area contributed by atoms with Gasteiger partial charge in [0.25, 0.3) is 5.91 Å². The molecule has 0 unspecified atom stereocenters. The van der Waals surface area contributed by atoms with Crippen LogP contribution in [0.25, 0.3) is 0 Å². The Bertz CT molecular complexity index is 694. The van der Waals surface area contributed by atoms with E-state index < -0.39 is 5.82 Å². The molecule has 0 saturated carbocycles. The van der Waals surface area contributed by atoms with Gasteiger partial charge in [0.1, 0.15) is 11.5 Å². The van der Waals surface area contributed by atoms with E-state index in [2.05, 4.69) is 27.3 Å². The lowest BCUT2D eigenvalue weighted by atomic mass is 9.91. The number of aromatic nitrogens is 1. The molecule has 132 valence electrons. The van der Waals surface area contributed by atoms with Gasteiger partial charge in [-0.15, -0.1) is 0 Å². The molecule has 1 amide bonds. The topological polar surface area (TPSA) is 65.5 Å². The Morgan fingerprint density at radius 1 is 1.28 bits per heavy atom. The largest absolute Gasteiger partial charge is 0.396 e. The molecular weight excluding hydrogens is 321 g/mol. The van der Waals surface area contributed by atoms with Gasteiger partial charge in [-0.3, -0.25) is 9.69 Å². The first-order valence-electron chi connectivity index (χ1n) is 8.45. The molecular formula is C19H22FN3O2. The van der Waals surface area contributed by atoms with Crippen LogP contribution in [0.4, 0.5) is 4.39 Å². The van der Waals surface area contributed by atoms with Crippen molar-refractivity contribution in [3.8, 4) is 0 Å². The first-order chi connectivity index (χ1) is 12.2. The van der Waals surface area contributed by atoms with E-state index in [9.17, 15) is 14.3 Å². The number of benzene rings is 1. The normalized spacial score (nSPS) is 21.0. The van der Waals surface area contributed by atoms with E-state index in [0.29, 0.717) is 6.54 Å². The van der Waals surface area contributed by atoms with Crippen LogP contribution in [0, 0.1) is 11.7 Å². The van der Waals surface area contributed by atoms with Crippen LogP contribution in [0.2, 0.25) is 0 Å². The van der Waals surface area contributed by atoms with E-state index >= 15 is 0 Å². The van der Waals surface area contributed by atoms with Gasteiger partial charge < -0.3 is 10.4 Å². The molecule has 1 aromatic heterocycles. The molecule has 1 aromatic carbocycles. The predicted molar refractivity (Wildman–Crippen MR) is 92.4 cm³/mol. The van der Waals surface area contributed by atoms with Crippen molar-refractivity contribution in [1.82, 2.24) is 15.2 Å². The van der Waals surface area contributed by atoms with Gasteiger partial charge in [0.2, 0.25) is 0 Å². The maximum atomic E-state index is 12.9. The summed E-state index contributed by atoms with van der Waals surface area (Å²) in [6.07, 6.45) is 1.84. The number of amides is 1. The maximum absolute atomic E-state index is 12.9. The number of pyridine rings is 1. The number of halogens is 1. The fraction of sp³-hybridized carbons (Fsp3) is 0.368. The van der Waals surface area contributed by atoms with Gasteiger partial charge in [-0.25, -0.2) is 9.37 Å². The summed E-state index contributed by atoms with van der Waals surface area (Å²) in [5, 5.41) is 12.6. The number of hydrogen-bond acceptors (Lipinski definition) is 4. The number of rotatable bonds is 5. The lowest BCUT2D eigenvalue weighted by molar-refractivity contribution is 0.0727. The van der Waals surface area contributed by atoms with Crippen molar-refractivity contribution in [2.24, 2.45) is 5.92 Å². The minimum Gasteiger partial charge on any atom is -0.396 e. The number of nitrogens with one attached hydrogen (secondary N) is 1. The Hall–Kier alpha value is -2.31. The Morgan fingerprint density at radius 3 is 2.76 bits per heavy atom. The zero-order valence-electron chi connectivity index (χ0n) is 13.9. The van der Waals surface area contributed by atoms with Crippen LogP contribution in [0.1, 0.15) is 22.5 Å². The van der Waals surface area contributed by atoms with Crippen molar-refractivity contribution in [3.63, 3.8) is 0 Å². The van der Waals surface area contributed by atoms with Crippen LogP contribution >= 0.6 is 0 Å². The summed E-state index contributed by atoms with van der Waals surface area (Å²) < 4.78 is 12.9. The molecule has 25 heavy (non-hydrogen) atoms. The molecule has 1 aliphatic heterocycles. The number of piperidine rings is 1. The summed E-state index contributed by atoms with van der Waals surface area (Å²) in [5.41, 5.74) is 1.40. The minimum atomic E-state index is -0.475. The fourth-order valence-electron chi connectivity index (χ4n) is 3.19. The summed E-state index contributed by atoms with van der Waals surface area (Å²) in [5.74, 6) is -0.807. The number of hydrogen-bond donors (Lipinski definition) is 2. The van der Waals surface area contributed by atoms with Crippen molar-refractivity contribution in [3.05, 3.63) is 65.7 Å². The Morgan fingerprint density at radius 2 is 2.08 bits per heavy atom. The van der Waals surface area contributed by atoms with E-state index in [-0.39, 0.29) is 30.2 Å². The molecule has 2 N–H and O–H groups in total. The zero-order valence-corrected chi connectivity index (χ0v) is 13.9. The van der Waals surface area contributed by atoms with Crippen molar-refractivity contribution in [1.29, 1.82) is 0 Å². The number of aliphatic hydroxyl groups is 1. The van der Waals surface area contributed by atoms with Crippen LogP contribution in [-0.2, 0) is 6.54 Å². The molecule has 0 spiro atoms. The summed E-state index contributed by atoms with van der Waals surface area (Å²) >= 11 is 0. The first-order valence-corrected chi connectivity index (χ1v) is 8.45. The highest BCUT2D eigenvalue weighted by Crippen LogP contribution is 2.20. The molecule has 5 nitrogen and oxygen atoms in total. The van der Waals surface area contributed by atoms with Crippen LogP contribution in [-0.4, -0.2) is 46.6 Å². The van der Waals surface area contributed by atoms with Gasteiger partial charge in [0.05, 0.1) is 6.20 Å². The molecule has 0 bridgehead atoms. The van der Waals surface area contributed by atoms with Crippen molar-refractivity contribution < 1.29 is 14.3 Å². The Labute approximate surface area is 146 Å². The molecule has 3 rings (SSSR count). The fourth-order valence-corrected chi connectivity index (χ4v) is 3.19. The van der Waals surface area contributed by atoms with Crippen LogP contribution in [0.3, 0.4) is 0 Å². The maximum Gasteiger partial charge on any atom is 0.270 e. The molecule has 2 atom stereocenters. The lowest BCUT2D eigenvalue weighted by Crippen LogP contribution is -2.53. The van der Waals surface area contributed by atoms with Crippen LogP contribution in [0.5, 0.6) is 0 Å². The Kier molecular flexibility index (Phi) is 5.73. The molecule has 2 aromatic rings. The molecule has 1 saturated heterocycles. The first kappa shape index (κ1) is 17.5. The van der Waals surface area contributed by atoms with Gasteiger partial charge in [-0.05, 0) is 30.7 Å². The van der Waals surface area contributed by atoms with Gasteiger partial charge >= 0.3 is 0 Å². The number of carbonyl (C=O) groups is 1. The van der Waals surface area contributed by atoms with Crippen molar-refractivity contribution in [2.75, 3.05) is 19.7 Å². The second-order valence-corrected chi connectivity index (χ2v) is 6.39. The third-order valence-corrected chi connectivity index (χ3v) is 4.60. The molecule has 0 aliphatic carbocycles. The van der Waals surface area contributed by atoms with E-state index in [1.807, 2.05) is 18.2 Å². The molecule has 1 fully saturated rings. The van der Waals surface area contributed by atoms with Crippen LogP contribution in [0.15, 0.2) is 48.7 Å². The molecule has 0 radical (unpaired) electrons. The second-order valence-electron chi connectivity index (χ2n) is 6.39. The van der Waals surface area contributed by atoms with Crippen LogP contribution < -0.4 is 5.32 Å². The monoisotopic (exact) mass is 343 g/mol. The summed E-state index contributed by atoms with van der Waals surface area (Å²) in [7, 11) is 0. The number of nitrogens with zero attached hydrogens (tertiary/aromatic N) is 2. The average Bonchev–Trinajstić information content (AvgIpc) is 2.63.